The van der Waals surface area contributed by atoms with Crippen molar-refractivity contribution in [3.05, 3.63) is 95.3 Å². The fourth-order valence-corrected chi connectivity index (χ4v) is 4.97. The van der Waals surface area contributed by atoms with Crippen molar-refractivity contribution in [3.63, 3.8) is 0 Å². The number of methoxy groups -OCH3 is 1. The average Bonchev–Trinajstić information content (AvgIpc) is 3.23. The van der Waals surface area contributed by atoms with Crippen molar-refractivity contribution in [2.75, 3.05) is 7.11 Å². The Bertz CT molecular complexity index is 1370. The summed E-state index contributed by atoms with van der Waals surface area (Å²) in [6, 6.07) is 20.4. The van der Waals surface area contributed by atoms with Gasteiger partial charge in [0.05, 0.1) is 19.2 Å². The van der Waals surface area contributed by atoms with Crippen molar-refractivity contribution in [1.82, 2.24) is 10.2 Å². The monoisotopic (exact) mass is 502 g/mol. The summed E-state index contributed by atoms with van der Waals surface area (Å²) in [5.74, 6) is 0.597. The number of rotatable bonds is 7. The predicted molar refractivity (Wildman–Crippen MR) is 138 cm³/mol. The van der Waals surface area contributed by atoms with Crippen LogP contribution in [0.2, 0.25) is 0 Å². The molecule has 0 saturated heterocycles. The third-order valence-electron chi connectivity index (χ3n) is 5.89. The summed E-state index contributed by atoms with van der Waals surface area (Å²) in [7, 11) is 1.59. The summed E-state index contributed by atoms with van der Waals surface area (Å²) in [6.07, 6.45) is -0.0809. The van der Waals surface area contributed by atoms with Crippen molar-refractivity contribution in [3.8, 4) is 5.75 Å². The fourth-order valence-electron chi connectivity index (χ4n) is 3.98. The molecule has 0 saturated carbocycles. The molecule has 3 aromatic carbocycles. The van der Waals surface area contributed by atoms with Crippen molar-refractivity contribution in [2.24, 2.45) is 9.98 Å². The molecule has 5 rings (SSSR count). The molecule has 2 aliphatic rings. The van der Waals surface area contributed by atoms with Gasteiger partial charge in [-0.15, -0.1) is 0 Å². The van der Waals surface area contributed by atoms with Crippen LogP contribution in [0.5, 0.6) is 5.75 Å². The number of nitrogens with one attached hydrogen (secondary N) is 1. The number of thioether (sulfide) groups is 1. The van der Waals surface area contributed by atoms with Gasteiger partial charge in [-0.1, -0.05) is 54.2 Å². The van der Waals surface area contributed by atoms with E-state index >= 15 is 0 Å². The van der Waals surface area contributed by atoms with E-state index in [2.05, 4.69) is 15.3 Å². The van der Waals surface area contributed by atoms with Gasteiger partial charge in [-0.25, -0.2) is 14.3 Å². The molecule has 36 heavy (non-hydrogen) atoms. The van der Waals surface area contributed by atoms with E-state index in [0.29, 0.717) is 34.6 Å². The Morgan fingerprint density at radius 3 is 2.61 bits per heavy atom. The van der Waals surface area contributed by atoms with E-state index in [1.54, 1.807) is 25.3 Å². The summed E-state index contributed by atoms with van der Waals surface area (Å²) >= 11 is 1.26. The number of amides is 2. The molecule has 1 atom stereocenters. The number of carbonyl (C=O) groups excluding carboxylic acids is 2. The van der Waals surface area contributed by atoms with E-state index in [9.17, 15) is 14.0 Å². The van der Waals surface area contributed by atoms with Crippen LogP contribution in [0.25, 0.3) is 0 Å². The second-order valence-corrected chi connectivity index (χ2v) is 9.21. The average molecular weight is 503 g/mol. The van der Waals surface area contributed by atoms with Gasteiger partial charge in [-0.05, 0) is 41.5 Å². The minimum atomic E-state index is -0.860. The highest BCUT2D eigenvalue weighted by Gasteiger charge is 2.42. The molecule has 1 unspecified atom stereocenters. The number of amidine groups is 2. The second-order valence-electron chi connectivity index (χ2n) is 8.26. The topological polar surface area (TPSA) is 83.4 Å². The zero-order chi connectivity index (χ0) is 25.1. The van der Waals surface area contributed by atoms with E-state index in [4.69, 9.17) is 4.74 Å². The van der Waals surface area contributed by atoms with Crippen LogP contribution in [0, 0.1) is 5.82 Å². The van der Waals surface area contributed by atoms with Gasteiger partial charge in [0, 0.05) is 17.9 Å². The Hall–Kier alpha value is -3.98. The van der Waals surface area contributed by atoms with Crippen LogP contribution < -0.4 is 10.1 Å². The number of nitrogens with zero attached hydrogens (tertiary/aromatic N) is 3. The SMILES string of the molecule is COc1ccc(CNC(=O)CC2N=C3c4ccccc4N=C(SCc4ccccc4F)N3C2=O)cc1. The van der Waals surface area contributed by atoms with Crippen LogP contribution in [0.3, 0.4) is 0 Å². The molecular formula is C27H23FN4O3S. The number of hydrogen-bond acceptors (Lipinski definition) is 6. The largest absolute Gasteiger partial charge is 0.497 e. The standard InChI is InChI=1S/C27H23FN4O3S/c1-35-19-12-10-17(11-13-19)15-29-24(33)14-23-26(34)32-25(30-23)20-7-3-5-9-22(20)31-27(32)36-16-18-6-2-4-8-21(18)28/h2-13,23H,14-16H2,1H3,(H,29,33). The summed E-state index contributed by atoms with van der Waals surface area (Å²) in [5.41, 5.74) is 2.84. The molecule has 7 nitrogen and oxygen atoms in total. The molecule has 0 aliphatic carbocycles. The molecule has 3 aromatic rings. The predicted octanol–water partition coefficient (Wildman–Crippen LogP) is 4.43. The Labute approximate surface area is 212 Å². The van der Waals surface area contributed by atoms with Crippen LogP contribution in [0.4, 0.5) is 10.1 Å². The van der Waals surface area contributed by atoms with Gasteiger partial charge >= 0.3 is 0 Å². The molecule has 182 valence electrons. The number of hydrogen-bond donors (Lipinski definition) is 1. The Balaban J connectivity index is 1.31. The maximum atomic E-state index is 14.2. The minimum absolute atomic E-state index is 0.0809. The number of para-hydroxylation sites is 1. The number of carbonyl (C=O) groups is 2. The van der Waals surface area contributed by atoms with Crippen molar-refractivity contribution in [1.29, 1.82) is 0 Å². The number of ether oxygens (including phenoxy) is 1. The van der Waals surface area contributed by atoms with Crippen LogP contribution in [-0.2, 0) is 21.9 Å². The van der Waals surface area contributed by atoms with Crippen molar-refractivity contribution in [2.45, 2.75) is 24.8 Å². The summed E-state index contributed by atoms with van der Waals surface area (Å²) < 4.78 is 19.3. The molecular weight excluding hydrogens is 479 g/mol. The molecule has 0 spiro atoms. The smallest absolute Gasteiger partial charge is 0.259 e. The molecule has 0 fully saturated rings. The van der Waals surface area contributed by atoms with Gasteiger partial charge in [0.1, 0.15) is 23.4 Å². The van der Waals surface area contributed by atoms with E-state index in [1.807, 2.05) is 48.5 Å². The highest BCUT2D eigenvalue weighted by atomic mass is 32.2. The Morgan fingerprint density at radius 1 is 1.08 bits per heavy atom. The number of benzene rings is 3. The van der Waals surface area contributed by atoms with Crippen LogP contribution in [-0.4, -0.2) is 40.9 Å². The molecule has 9 heteroatoms. The lowest BCUT2D eigenvalue weighted by atomic mass is 10.1. The van der Waals surface area contributed by atoms with E-state index < -0.39 is 6.04 Å². The van der Waals surface area contributed by atoms with Crippen LogP contribution >= 0.6 is 11.8 Å². The van der Waals surface area contributed by atoms with Gasteiger partial charge in [0.25, 0.3) is 5.91 Å². The van der Waals surface area contributed by atoms with Crippen LogP contribution in [0.15, 0.2) is 82.8 Å². The lowest BCUT2D eigenvalue weighted by Gasteiger charge is -2.25. The molecule has 2 amide bonds. The molecule has 1 N–H and O–H groups in total. The van der Waals surface area contributed by atoms with Gasteiger partial charge in [0.15, 0.2) is 5.17 Å². The maximum Gasteiger partial charge on any atom is 0.259 e. The Kier molecular flexibility index (Phi) is 6.81. The zero-order valence-electron chi connectivity index (χ0n) is 19.5. The first kappa shape index (κ1) is 23.7. The number of aliphatic imine (C=N–C) groups is 2. The highest BCUT2D eigenvalue weighted by molar-refractivity contribution is 8.13. The van der Waals surface area contributed by atoms with E-state index in [0.717, 1.165) is 16.9 Å². The first-order valence-corrected chi connectivity index (χ1v) is 12.4. The zero-order valence-corrected chi connectivity index (χ0v) is 20.3. The summed E-state index contributed by atoms with van der Waals surface area (Å²) in [4.78, 5) is 36.8. The summed E-state index contributed by atoms with van der Waals surface area (Å²) in [6.45, 7) is 0.331. The molecule has 0 aromatic heterocycles. The third-order valence-corrected chi connectivity index (χ3v) is 6.88. The number of halogens is 1. The van der Waals surface area contributed by atoms with Crippen LogP contribution in [0.1, 0.15) is 23.1 Å². The second kappa shape index (κ2) is 10.3. The van der Waals surface area contributed by atoms with E-state index in [-0.39, 0.29) is 24.1 Å². The quantitative estimate of drug-likeness (QED) is 0.518. The molecule has 2 heterocycles. The lowest BCUT2D eigenvalue weighted by Crippen LogP contribution is -2.42. The minimum Gasteiger partial charge on any atom is -0.497 e. The van der Waals surface area contributed by atoms with Crippen molar-refractivity contribution < 1.29 is 18.7 Å². The van der Waals surface area contributed by atoms with Gasteiger partial charge in [-0.3, -0.25) is 14.6 Å². The normalized spacial score (nSPS) is 16.1. The van der Waals surface area contributed by atoms with E-state index in [1.165, 1.54) is 22.7 Å². The maximum absolute atomic E-state index is 14.2. The first-order valence-electron chi connectivity index (χ1n) is 11.4. The lowest BCUT2D eigenvalue weighted by molar-refractivity contribution is -0.128. The van der Waals surface area contributed by atoms with Gasteiger partial charge in [-0.2, -0.15) is 0 Å². The highest BCUT2D eigenvalue weighted by Crippen LogP contribution is 2.35. The first-order chi connectivity index (χ1) is 17.5. The van der Waals surface area contributed by atoms with Gasteiger partial charge in [0.2, 0.25) is 5.91 Å². The van der Waals surface area contributed by atoms with Crippen molar-refractivity contribution >= 4 is 40.3 Å². The number of fused-ring (bicyclic) bond motifs is 3. The Morgan fingerprint density at radius 2 is 1.83 bits per heavy atom. The molecule has 0 radical (unpaired) electrons. The molecule has 0 bridgehead atoms. The van der Waals surface area contributed by atoms with Gasteiger partial charge < -0.3 is 10.1 Å². The molecule has 2 aliphatic heterocycles. The third kappa shape index (κ3) is 4.87. The fraction of sp³-hybridized carbons (Fsp3) is 0.185. The summed E-state index contributed by atoms with van der Waals surface area (Å²) in [5, 5.41) is 3.27.